The normalized spacial score (nSPS) is 20.1. The fourth-order valence-electron chi connectivity index (χ4n) is 3.14. The molecule has 2 atom stereocenters. The molecule has 136 valence electrons. The Morgan fingerprint density at radius 1 is 1.24 bits per heavy atom. The van der Waals surface area contributed by atoms with Gasteiger partial charge in [-0.15, -0.1) is 0 Å². The Kier molecular flexibility index (Phi) is 5.83. The largest absolute Gasteiger partial charge is 0.393 e. The molecule has 25 heavy (non-hydrogen) atoms. The quantitative estimate of drug-likeness (QED) is 0.868. The van der Waals surface area contributed by atoms with Crippen molar-refractivity contribution < 1.29 is 14.4 Å². The lowest BCUT2D eigenvalue weighted by atomic mass is 10.0. The van der Waals surface area contributed by atoms with Gasteiger partial charge in [0.15, 0.2) is 0 Å². The van der Waals surface area contributed by atoms with E-state index < -0.39 is 0 Å². The van der Waals surface area contributed by atoms with Gasteiger partial charge in [-0.05, 0) is 24.8 Å². The minimum atomic E-state index is -0.355. The Morgan fingerprint density at radius 2 is 2.00 bits per heavy atom. The molecule has 3 rings (SSSR count). The lowest BCUT2D eigenvalue weighted by Crippen LogP contribution is -2.46. The minimum absolute atomic E-state index is 0.175. The fourth-order valence-corrected chi connectivity index (χ4v) is 3.14. The fraction of sp³-hybridized carbons (Fsp3) is 0.579. The summed E-state index contributed by atoms with van der Waals surface area (Å²) < 4.78 is 11.0. The first-order valence-corrected chi connectivity index (χ1v) is 8.95. The summed E-state index contributed by atoms with van der Waals surface area (Å²) in [5.74, 6) is 1.72. The number of morpholine rings is 1. The molecular weight excluding hydrogens is 318 g/mol. The van der Waals surface area contributed by atoms with E-state index in [0.717, 1.165) is 12.1 Å². The van der Waals surface area contributed by atoms with Crippen molar-refractivity contribution in [3.8, 4) is 11.4 Å². The first kappa shape index (κ1) is 18.0. The molecule has 1 saturated heterocycles. The predicted molar refractivity (Wildman–Crippen MR) is 95.1 cm³/mol. The molecule has 1 aromatic heterocycles. The summed E-state index contributed by atoms with van der Waals surface area (Å²) in [5.41, 5.74) is 2.25. The smallest absolute Gasteiger partial charge is 0.241 e. The van der Waals surface area contributed by atoms with Crippen molar-refractivity contribution in [1.29, 1.82) is 0 Å². The van der Waals surface area contributed by atoms with Crippen molar-refractivity contribution in [1.82, 2.24) is 15.0 Å². The maximum atomic E-state index is 9.67. The van der Waals surface area contributed by atoms with Crippen molar-refractivity contribution in [3.63, 3.8) is 0 Å². The molecule has 2 heterocycles. The van der Waals surface area contributed by atoms with Gasteiger partial charge < -0.3 is 14.4 Å². The van der Waals surface area contributed by atoms with E-state index in [1.807, 2.05) is 12.1 Å². The van der Waals surface area contributed by atoms with Crippen molar-refractivity contribution >= 4 is 0 Å². The van der Waals surface area contributed by atoms with Gasteiger partial charge in [-0.2, -0.15) is 4.98 Å². The summed E-state index contributed by atoms with van der Waals surface area (Å²) >= 11 is 0. The van der Waals surface area contributed by atoms with Crippen LogP contribution in [0.5, 0.6) is 0 Å². The number of benzene rings is 1. The first-order valence-electron chi connectivity index (χ1n) is 8.95. The van der Waals surface area contributed by atoms with Gasteiger partial charge in [0.2, 0.25) is 11.7 Å². The van der Waals surface area contributed by atoms with Crippen LogP contribution in [0.15, 0.2) is 28.8 Å². The molecule has 1 N–H and O–H groups in total. The number of hydrogen-bond acceptors (Lipinski definition) is 6. The standard InChI is InChI=1S/C19H27N3O3/c1-13(2)15-4-6-16(7-5-15)19-20-18(25-21-19)11-22-8-9-24-12-17(22)10-14(3)23/h4-7,13-14,17,23H,8-12H2,1-3H3. The molecule has 0 aliphatic carbocycles. The molecule has 1 aliphatic rings. The second-order valence-corrected chi connectivity index (χ2v) is 7.07. The Morgan fingerprint density at radius 3 is 2.68 bits per heavy atom. The molecule has 0 radical (unpaired) electrons. The number of aliphatic hydroxyl groups is 1. The summed E-state index contributed by atoms with van der Waals surface area (Å²) in [7, 11) is 0. The highest BCUT2D eigenvalue weighted by molar-refractivity contribution is 5.54. The maximum absolute atomic E-state index is 9.67. The molecule has 0 amide bonds. The zero-order valence-electron chi connectivity index (χ0n) is 15.2. The monoisotopic (exact) mass is 345 g/mol. The van der Waals surface area contributed by atoms with Crippen LogP contribution in [0.3, 0.4) is 0 Å². The Labute approximate surface area is 148 Å². The van der Waals surface area contributed by atoms with E-state index in [4.69, 9.17) is 9.26 Å². The molecule has 0 bridgehead atoms. The second kappa shape index (κ2) is 8.08. The van der Waals surface area contributed by atoms with E-state index in [9.17, 15) is 5.11 Å². The van der Waals surface area contributed by atoms with Crippen LogP contribution in [0, 0.1) is 0 Å². The topological polar surface area (TPSA) is 71.6 Å². The van der Waals surface area contributed by atoms with Gasteiger partial charge in [0.1, 0.15) is 0 Å². The highest BCUT2D eigenvalue weighted by atomic mass is 16.5. The van der Waals surface area contributed by atoms with Gasteiger partial charge in [0.05, 0.1) is 25.9 Å². The Bertz CT molecular complexity index is 667. The number of hydrogen-bond donors (Lipinski definition) is 1. The number of nitrogens with zero attached hydrogens (tertiary/aromatic N) is 3. The van der Waals surface area contributed by atoms with Gasteiger partial charge in [0, 0.05) is 18.2 Å². The van der Waals surface area contributed by atoms with Crippen molar-refractivity contribution in [2.45, 2.75) is 51.8 Å². The van der Waals surface area contributed by atoms with E-state index in [-0.39, 0.29) is 12.1 Å². The minimum Gasteiger partial charge on any atom is -0.393 e. The maximum Gasteiger partial charge on any atom is 0.241 e. The van der Waals surface area contributed by atoms with Gasteiger partial charge >= 0.3 is 0 Å². The van der Waals surface area contributed by atoms with Crippen LogP contribution < -0.4 is 0 Å². The van der Waals surface area contributed by atoms with Gasteiger partial charge in [0.25, 0.3) is 0 Å². The molecule has 1 fully saturated rings. The van der Waals surface area contributed by atoms with E-state index >= 15 is 0 Å². The molecule has 6 heteroatoms. The van der Waals surface area contributed by atoms with Crippen LogP contribution >= 0.6 is 0 Å². The molecule has 1 aromatic carbocycles. The third-order valence-corrected chi connectivity index (χ3v) is 4.60. The van der Waals surface area contributed by atoms with Crippen LogP contribution in [0.1, 0.15) is 44.6 Å². The molecule has 2 aromatic rings. The SMILES string of the molecule is CC(O)CC1COCCN1Cc1nc(-c2ccc(C(C)C)cc2)no1. The zero-order chi connectivity index (χ0) is 17.8. The predicted octanol–water partition coefficient (Wildman–Crippen LogP) is 2.83. The molecule has 0 saturated carbocycles. The average molecular weight is 345 g/mol. The highest BCUT2D eigenvalue weighted by Gasteiger charge is 2.26. The van der Waals surface area contributed by atoms with Crippen LogP contribution in [0.2, 0.25) is 0 Å². The number of aliphatic hydroxyl groups excluding tert-OH is 1. The summed E-state index contributed by atoms with van der Waals surface area (Å²) in [6, 6.07) is 8.46. The first-order chi connectivity index (χ1) is 12.0. The van der Waals surface area contributed by atoms with Crippen LogP contribution in [0.25, 0.3) is 11.4 Å². The molecular formula is C19H27N3O3. The van der Waals surface area contributed by atoms with Crippen LogP contribution in [0.4, 0.5) is 0 Å². The summed E-state index contributed by atoms with van der Waals surface area (Å²) in [6.07, 6.45) is 0.324. The molecule has 0 spiro atoms. The van der Waals surface area contributed by atoms with Crippen molar-refractivity contribution in [3.05, 3.63) is 35.7 Å². The number of rotatable bonds is 6. The molecule has 1 aliphatic heterocycles. The van der Waals surface area contributed by atoms with Crippen molar-refractivity contribution in [2.24, 2.45) is 0 Å². The Hall–Kier alpha value is -1.76. The van der Waals surface area contributed by atoms with Gasteiger partial charge in [-0.25, -0.2) is 0 Å². The summed E-state index contributed by atoms with van der Waals surface area (Å²) in [4.78, 5) is 6.79. The zero-order valence-corrected chi connectivity index (χ0v) is 15.2. The number of ether oxygens (including phenoxy) is 1. The van der Waals surface area contributed by atoms with E-state index in [0.29, 0.717) is 43.8 Å². The lowest BCUT2D eigenvalue weighted by Gasteiger charge is -2.35. The van der Waals surface area contributed by atoms with E-state index in [1.54, 1.807) is 6.92 Å². The third kappa shape index (κ3) is 4.66. The third-order valence-electron chi connectivity index (χ3n) is 4.60. The second-order valence-electron chi connectivity index (χ2n) is 7.07. The van der Waals surface area contributed by atoms with Crippen molar-refractivity contribution in [2.75, 3.05) is 19.8 Å². The highest BCUT2D eigenvalue weighted by Crippen LogP contribution is 2.22. The summed E-state index contributed by atoms with van der Waals surface area (Å²) in [6.45, 7) is 8.85. The lowest BCUT2D eigenvalue weighted by molar-refractivity contribution is -0.0312. The number of aromatic nitrogens is 2. The summed E-state index contributed by atoms with van der Waals surface area (Å²) in [5, 5.41) is 13.8. The molecule has 2 unspecified atom stereocenters. The van der Waals surface area contributed by atoms with Crippen LogP contribution in [-0.4, -0.2) is 52.1 Å². The Balaban J connectivity index is 1.68. The van der Waals surface area contributed by atoms with E-state index in [2.05, 4.69) is 41.0 Å². The molecule has 6 nitrogen and oxygen atoms in total. The van der Waals surface area contributed by atoms with E-state index in [1.165, 1.54) is 5.56 Å². The van der Waals surface area contributed by atoms with Crippen LogP contribution in [-0.2, 0) is 11.3 Å². The van der Waals surface area contributed by atoms with Gasteiger partial charge in [-0.1, -0.05) is 43.3 Å². The average Bonchev–Trinajstić information content (AvgIpc) is 3.05. The van der Waals surface area contributed by atoms with Gasteiger partial charge in [-0.3, -0.25) is 4.90 Å².